The van der Waals surface area contributed by atoms with E-state index in [0.717, 1.165) is 11.1 Å². The highest BCUT2D eigenvalue weighted by Gasteiger charge is 2.13. The maximum Gasteiger partial charge on any atom is 0.322 e. The van der Waals surface area contributed by atoms with Crippen molar-refractivity contribution in [3.05, 3.63) is 41.1 Å². The first-order chi connectivity index (χ1) is 11.8. The van der Waals surface area contributed by atoms with Gasteiger partial charge in [0.15, 0.2) is 5.58 Å². The van der Waals surface area contributed by atoms with Gasteiger partial charge in [-0.3, -0.25) is 10.1 Å². The van der Waals surface area contributed by atoms with E-state index in [9.17, 15) is 4.79 Å². The van der Waals surface area contributed by atoms with Crippen molar-refractivity contribution >= 4 is 46.1 Å². The Hall–Kier alpha value is -2.65. The van der Waals surface area contributed by atoms with Crippen molar-refractivity contribution < 1.29 is 13.6 Å². The molecule has 24 heavy (non-hydrogen) atoms. The van der Waals surface area contributed by atoms with E-state index in [1.807, 2.05) is 41.1 Å². The van der Waals surface area contributed by atoms with Crippen molar-refractivity contribution in [1.82, 2.24) is 15.2 Å². The molecule has 0 radical (unpaired) electrons. The highest BCUT2D eigenvalue weighted by atomic mass is 32.2. The number of para-hydroxylation sites is 2. The van der Waals surface area contributed by atoms with E-state index in [0.29, 0.717) is 16.7 Å². The van der Waals surface area contributed by atoms with Crippen LogP contribution in [0.2, 0.25) is 0 Å². The molecule has 0 aliphatic heterocycles. The number of carbonyl (C=O) groups excluding carboxylic acids is 1. The number of amides is 1. The molecule has 0 unspecified atom stereocenters. The molecule has 0 fully saturated rings. The van der Waals surface area contributed by atoms with Crippen molar-refractivity contribution in [2.45, 2.75) is 5.22 Å². The fraction of sp³-hybridized carbons (Fsp3) is 0.0667. The lowest BCUT2D eigenvalue weighted by atomic mass is 10.3. The van der Waals surface area contributed by atoms with Gasteiger partial charge >= 0.3 is 6.01 Å². The topological polar surface area (TPSA) is 94.1 Å². The van der Waals surface area contributed by atoms with E-state index in [1.165, 1.54) is 23.1 Å². The summed E-state index contributed by atoms with van der Waals surface area (Å²) in [6.07, 6.45) is 0. The van der Waals surface area contributed by atoms with Gasteiger partial charge in [0.25, 0.3) is 11.1 Å². The van der Waals surface area contributed by atoms with E-state index in [1.54, 1.807) is 0 Å². The van der Waals surface area contributed by atoms with E-state index in [-0.39, 0.29) is 17.7 Å². The second kappa shape index (κ2) is 6.46. The zero-order valence-electron chi connectivity index (χ0n) is 12.1. The van der Waals surface area contributed by atoms with Crippen LogP contribution in [0.5, 0.6) is 0 Å². The molecule has 0 saturated carbocycles. The quantitative estimate of drug-likeness (QED) is 0.544. The minimum atomic E-state index is -0.275. The fourth-order valence-electron chi connectivity index (χ4n) is 1.97. The maximum absolute atomic E-state index is 12.0. The lowest BCUT2D eigenvalue weighted by molar-refractivity contribution is -0.113. The van der Waals surface area contributed by atoms with Gasteiger partial charge in [0.05, 0.1) is 5.75 Å². The number of aromatic nitrogens is 3. The molecule has 4 aromatic rings. The van der Waals surface area contributed by atoms with Crippen LogP contribution in [0.4, 0.5) is 6.01 Å². The summed E-state index contributed by atoms with van der Waals surface area (Å²) in [5.41, 5.74) is 2.28. The smallest absolute Gasteiger partial charge is 0.322 e. The zero-order valence-corrected chi connectivity index (χ0v) is 13.8. The first-order valence-electron chi connectivity index (χ1n) is 6.92. The third-order valence-electron chi connectivity index (χ3n) is 3.04. The molecule has 9 heteroatoms. The molecule has 1 amide bonds. The van der Waals surface area contributed by atoms with Gasteiger partial charge in [0.2, 0.25) is 5.91 Å². The molecule has 1 N–H and O–H groups in total. The summed E-state index contributed by atoms with van der Waals surface area (Å²) in [5, 5.41) is 14.5. The standard InChI is InChI=1S/C15H10N4O3S2/c20-12(8-24-15-16-10-3-1-2-4-11(10)21-15)17-14-19-18-13(22-14)9-5-6-23-7-9/h1-7H,8H2,(H,17,19,20). The number of carbonyl (C=O) groups is 1. The average molecular weight is 358 g/mol. The molecular weight excluding hydrogens is 348 g/mol. The summed E-state index contributed by atoms with van der Waals surface area (Å²) >= 11 is 2.73. The highest BCUT2D eigenvalue weighted by molar-refractivity contribution is 7.99. The molecule has 0 atom stereocenters. The van der Waals surface area contributed by atoms with Crippen LogP contribution in [-0.2, 0) is 4.79 Å². The summed E-state index contributed by atoms with van der Waals surface area (Å²) in [4.78, 5) is 16.3. The van der Waals surface area contributed by atoms with Crippen molar-refractivity contribution in [2.75, 3.05) is 11.1 Å². The number of nitrogens with zero attached hydrogens (tertiary/aromatic N) is 3. The third-order valence-corrected chi connectivity index (χ3v) is 4.55. The number of thioether (sulfide) groups is 1. The van der Waals surface area contributed by atoms with Gasteiger partial charge in [0, 0.05) is 10.9 Å². The van der Waals surface area contributed by atoms with Crippen LogP contribution in [-0.4, -0.2) is 26.8 Å². The SMILES string of the molecule is O=C(CSc1nc2ccccc2o1)Nc1nnc(-c2ccsc2)o1. The molecular formula is C15H10N4O3S2. The van der Waals surface area contributed by atoms with Crippen LogP contribution < -0.4 is 5.32 Å². The molecule has 120 valence electrons. The Morgan fingerprint density at radius 2 is 2.12 bits per heavy atom. The predicted molar refractivity (Wildman–Crippen MR) is 91.0 cm³/mol. The zero-order chi connectivity index (χ0) is 16.4. The van der Waals surface area contributed by atoms with Crippen molar-refractivity contribution in [2.24, 2.45) is 0 Å². The molecule has 0 spiro atoms. The molecule has 0 bridgehead atoms. The van der Waals surface area contributed by atoms with Gasteiger partial charge in [-0.05, 0) is 23.6 Å². The summed E-state index contributed by atoms with van der Waals surface area (Å²) in [6, 6.07) is 9.37. The minimum absolute atomic E-state index is 0.0689. The number of rotatable bonds is 5. The Labute approximate surface area is 144 Å². The number of fused-ring (bicyclic) bond motifs is 1. The Morgan fingerprint density at radius 1 is 1.21 bits per heavy atom. The summed E-state index contributed by atoms with van der Waals surface area (Å²) in [5.74, 6) is 0.226. The minimum Gasteiger partial charge on any atom is -0.431 e. The molecule has 3 aromatic heterocycles. The van der Waals surface area contributed by atoms with Crippen LogP contribution in [0.1, 0.15) is 0 Å². The largest absolute Gasteiger partial charge is 0.431 e. The van der Waals surface area contributed by atoms with Gasteiger partial charge in [-0.1, -0.05) is 29.0 Å². The van der Waals surface area contributed by atoms with E-state index in [2.05, 4.69) is 20.5 Å². The summed E-state index contributed by atoms with van der Waals surface area (Å²) in [7, 11) is 0. The van der Waals surface area contributed by atoms with E-state index in [4.69, 9.17) is 8.83 Å². The van der Waals surface area contributed by atoms with E-state index >= 15 is 0 Å². The molecule has 0 aliphatic rings. The van der Waals surface area contributed by atoms with E-state index < -0.39 is 0 Å². The summed E-state index contributed by atoms with van der Waals surface area (Å²) < 4.78 is 10.9. The Bertz CT molecular complexity index is 945. The Kier molecular flexibility index (Phi) is 4.01. The van der Waals surface area contributed by atoms with Gasteiger partial charge in [-0.25, -0.2) is 4.98 Å². The number of benzene rings is 1. The number of nitrogens with one attached hydrogen (secondary N) is 1. The maximum atomic E-state index is 12.0. The molecule has 0 saturated heterocycles. The Balaban J connectivity index is 1.36. The molecule has 3 heterocycles. The molecule has 4 rings (SSSR count). The second-order valence-electron chi connectivity index (χ2n) is 4.71. The number of anilines is 1. The van der Waals surface area contributed by atoms with Gasteiger partial charge in [-0.2, -0.15) is 11.3 Å². The highest BCUT2D eigenvalue weighted by Crippen LogP contribution is 2.24. The molecule has 0 aliphatic carbocycles. The normalized spacial score (nSPS) is 11.0. The second-order valence-corrected chi connectivity index (χ2v) is 6.42. The number of oxazole rings is 1. The van der Waals surface area contributed by atoms with Crippen LogP contribution >= 0.6 is 23.1 Å². The van der Waals surface area contributed by atoms with Crippen molar-refractivity contribution in [1.29, 1.82) is 0 Å². The van der Waals surface area contributed by atoms with Crippen LogP contribution in [0.15, 0.2) is 55.1 Å². The van der Waals surface area contributed by atoms with Crippen LogP contribution in [0, 0.1) is 0 Å². The third kappa shape index (κ3) is 3.17. The lowest BCUT2D eigenvalue weighted by Gasteiger charge is -1.97. The number of hydrogen-bond acceptors (Lipinski definition) is 8. The number of hydrogen-bond donors (Lipinski definition) is 1. The lowest BCUT2D eigenvalue weighted by Crippen LogP contribution is -2.14. The average Bonchev–Trinajstić information content (AvgIpc) is 3.32. The van der Waals surface area contributed by atoms with Gasteiger partial charge in [-0.15, -0.1) is 5.10 Å². The van der Waals surface area contributed by atoms with Crippen LogP contribution in [0.3, 0.4) is 0 Å². The number of thiophene rings is 1. The first-order valence-corrected chi connectivity index (χ1v) is 8.85. The first kappa shape index (κ1) is 14.9. The van der Waals surface area contributed by atoms with Crippen molar-refractivity contribution in [3.63, 3.8) is 0 Å². The van der Waals surface area contributed by atoms with Crippen molar-refractivity contribution in [3.8, 4) is 11.5 Å². The molecule has 7 nitrogen and oxygen atoms in total. The van der Waals surface area contributed by atoms with Crippen LogP contribution in [0.25, 0.3) is 22.6 Å². The van der Waals surface area contributed by atoms with Gasteiger partial charge < -0.3 is 8.83 Å². The fourth-order valence-corrected chi connectivity index (χ4v) is 3.24. The van der Waals surface area contributed by atoms with Gasteiger partial charge in [0.1, 0.15) is 5.52 Å². The monoisotopic (exact) mass is 358 g/mol. The predicted octanol–water partition coefficient (Wildman–Crippen LogP) is 3.67. The summed E-state index contributed by atoms with van der Waals surface area (Å²) in [6.45, 7) is 0. The molecule has 1 aromatic carbocycles. The Morgan fingerprint density at radius 3 is 2.96 bits per heavy atom.